The van der Waals surface area contributed by atoms with Crippen LogP contribution in [-0.4, -0.2) is 193 Å². The molecule has 0 aromatic rings. The Morgan fingerprint density at radius 1 is 0.372 bits per heavy atom. The number of hydrogen-bond donors (Lipinski definition) is 12. The first-order chi connectivity index (χ1) is 45.8. The van der Waals surface area contributed by atoms with E-state index in [1.165, 1.54) is 244 Å². The molecule has 0 spiro atoms. The molecule has 0 aromatic carbocycles. The summed E-state index contributed by atoms with van der Waals surface area (Å²) in [4.78, 5) is 13.5. The third kappa shape index (κ3) is 37.6. The van der Waals surface area contributed by atoms with Crippen LogP contribution in [0, 0.1) is 0 Å². The summed E-state index contributed by atoms with van der Waals surface area (Å²) in [5.74, 6) is -0.269. The van der Waals surface area contributed by atoms with Crippen LogP contribution in [-0.2, 0) is 33.2 Å². The van der Waals surface area contributed by atoms with Crippen molar-refractivity contribution in [1.82, 2.24) is 5.32 Å². The molecule has 0 aliphatic carbocycles. The minimum atomic E-state index is -1.98. The summed E-state index contributed by atoms with van der Waals surface area (Å²) in [7, 11) is 0. The molecular weight excluding hydrogens is 1200 g/mol. The van der Waals surface area contributed by atoms with Gasteiger partial charge in [0.1, 0.15) is 73.2 Å². The van der Waals surface area contributed by atoms with Crippen LogP contribution in [0.25, 0.3) is 0 Å². The van der Waals surface area contributed by atoms with Crippen molar-refractivity contribution in [1.29, 1.82) is 0 Å². The lowest BCUT2D eigenvalue weighted by Gasteiger charge is -2.48. The van der Waals surface area contributed by atoms with Gasteiger partial charge in [-0.25, -0.2) is 0 Å². The Kier molecular flexibility index (Phi) is 52.4. The lowest BCUT2D eigenvalue weighted by molar-refractivity contribution is -0.379. The van der Waals surface area contributed by atoms with Crippen molar-refractivity contribution in [2.75, 3.05) is 26.4 Å². The van der Waals surface area contributed by atoms with Crippen molar-refractivity contribution < 1.29 is 89.4 Å². The molecule has 1 amide bonds. The third-order valence-electron chi connectivity index (χ3n) is 19.5. The van der Waals surface area contributed by atoms with Gasteiger partial charge in [-0.05, 0) is 44.9 Å². The molecule has 3 aliphatic rings. The van der Waals surface area contributed by atoms with Crippen LogP contribution in [0.2, 0.25) is 0 Å². The fraction of sp³-hybridized carbons (Fsp3) is 0.933. The van der Waals surface area contributed by atoms with Gasteiger partial charge < -0.3 is 89.9 Å². The summed E-state index contributed by atoms with van der Waals surface area (Å²) in [6, 6.07) is -0.972. The maximum absolute atomic E-state index is 13.5. The largest absolute Gasteiger partial charge is 0.394 e. The molecule has 3 aliphatic heterocycles. The zero-order valence-electron chi connectivity index (χ0n) is 59.0. The molecule has 0 bridgehead atoms. The van der Waals surface area contributed by atoms with E-state index in [4.69, 9.17) is 28.4 Å². The molecule has 94 heavy (non-hydrogen) atoms. The molecule has 554 valence electrons. The number of rotatable bonds is 61. The molecule has 3 saturated heterocycles. The molecule has 0 aromatic heterocycles. The highest BCUT2D eigenvalue weighted by Crippen LogP contribution is 2.33. The van der Waals surface area contributed by atoms with Gasteiger partial charge in [-0.1, -0.05) is 289 Å². The molecule has 17 unspecified atom stereocenters. The van der Waals surface area contributed by atoms with Crippen LogP contribution in [0.5, 0.6) is 0 Å². The lowest BCUT2D eigenvalue weighted by Crippen LogP contribution is -2.66. The number of carbonyl (C=O) groups excluding carboxylic acids is 1. The van der Waals surface area contributed by atoms with Crippen LogP contribution in [0.4, 0.5) is 0 Å². The number of unbranched alkanes of at least 4 members (excludes halogenated alkanes) is 43. The Labute approximate surface area is 568 Å². The first-order valence-electron chi connectivity index (χ1n) is 38.6. The number of aliphatic hydroxyl groups excluding tert-OH is 11. The molecule has 19 nitrogen and oxygen atoms in total. The smallest absolute Gasteiger partial charge is 0.220 e. The van der Waals surface area contributed by atoms with Gasteiger partial charge in [0.15, 0.2) is 18.9 Å². The third-order valence-corrected chi connectivity index (χ3v) is 19.5. The molecule has 17 atom stereocenters. The maximum atomic E-state index is 13.5. The van der Waals surface area contributed by atoms with Gasteiger partial charge in [-0.3, -0.25) is 4.79 Å². The fourth-order valence-corrected chi connectivity index (χ4v) is 13.2. The molecule has 0 radical (unpaired) electrons. The second kappa shape index (κ2) is 57.0. The van der Waals surface area contributed by atoms with Crippen LogP contribution in [0.3, 0.4) is 0 Å². The highest BCUT2D eigenvalue weighted by Gasteiger charge is 2.53. The van der Waals surface area contributed by atoms with E-state index in [-0.39, 0.29) is 18.9 Å². The van der Waals surface area contributed by atoms with E-state index < -0.39 is 124 Å². The zero-order chi connectivity index (χ0) is 68.2. The van der Waals surface area contributed by atoms with Crippen LogP contribution >= 0.6 is 0 Å². The average molecular weight is 1340 g/mol. The Morgan fingerprint density at radius 2 is 0.670 bits per heavy atom. The first-order valence-corrected chi connectivity index (χ1v) is 38.6. The number of ether oxygens (including phenoxy) is 6. The zero-order valence-corrected chi connectivity index (χ0v) is 59.0. The van der Waals surface area contributed by atoms with E-state index in [1.54, 1.807) is 6.08 Å². The van der Waals surface area contributed by atoms with Crippen molar-refractivity contribution in [2.45, 2.75) is 420 Å². The van der Waals surface area contributed by atoms with Crippen LogP contribution in [0.1, 0.15) is 316 Å². The lowest BCUT2D eigenvalue weighted by atomic mass is 9.96. The highest BCUT2D eigenvalue weighted by atomic mass is 16.8. The van der Waals surface area contributed by atoms with Gasteiger partial charge in [0, 0.05) is 6.42 Å². The molecule has 3 heterocycles. The quantitative estimate of drug-likeness (QED) is 0.0199. The molecule has 19 heteroatoms. The number of hydrogen-bond acceptors (Lipinski definition) is 18. The molecular formula is C75H141NO18. The predicted octanol–water partition coefficient (Wildman–Crippen LogP) is 11.8. The highest BCUT2D eigenvalue weighted by molar-refractivity contribution is 5.76. The van der Waals surface area contributed by atoms with Crippen molar-refractivity contribution >= 4 is 5.91 Å². The predicted molar refractivity (Wildman–Crippen MR) is 370 cm³/mol. The monoisotopic (exact) mass is 1340 g/mol. The summed E-state index contributed by atoms with van der Waals surface area (Å²) in [5, 5.41) is 121. The van der Waals surface area contributed by atoms with Gasteiger partial charge in [0.25, 0.3) is 0 Å². The van der Waals surface area contributed by atoms with Crippen LogP contribution < -0.4 is 5.32 Å². The van der Waals surface area contributed by atoms with E-state index in [0.29, 0.717) is 6.42 Å². The summed E-state index contributed by atoms with van der Waals surface area (Å²) in [5.41, 5.74) is 0. The Morgan fingerprint density at radius 3 is 1.03 bits per heavy atom. The number of nitrogens with one attached hydrogen (secondary N) is 1. The SMILES string of the molecule is CCCCCCCCCC/C=C\CCCCCCCCCCCCCCCCCC(=O)NC(COC1OC(CO)C(OC2OC(CO)C(OC3OC(CO)C(O)C(O)C3O)C(O)C2O)C(O)C1O)C(O)/C=C/CCCCCCCCCCCCCCCCCCCCCC. The van der Waals surface area contributed by atoms with E-state index in [2.05, 4.69) is 31.3 Å². The topological polar surface area (TPSA) is 307 Å². The number of amides is 1. The van der Waals surface area contributed by atoms with Gasteiger partial charge in [0.05, 0.1) is 38.6 Å². The van der Waals surface area contributed by atoms with Crippen LogP contribution in [0.15, 0.2) is 24.3 Å². The van der Waals surface area contributed by atoms with E-state index >= 15 is 0 Å². The Hall–Kier alpha value is -1.73. The van der Waals surface area contributed by atoms with E-state index in [9.17, 15) is 61.0 Å². The number of aliphatic hydroxyl groups is 11. The van der Waals surface area contributed by atoms with Gasteiger partial charge in [0.2, 0.25) is 5.91 Å². The van der Waals surface area contributed by atoms with Gasteiger partial charge >= 0.3 is 0 Å². The number of carbonyl (C=O) groups is 1. The summed E-state index contributed by atoms with van der Waals surface area (Å²) < 4.78 is 34.4. The van der Waals surface area contributed by atoms with Crippen molar-refractivity contribution in [3.8, 4) is 0 Å². The van der Waals surface area contributed by atoms with Crippen molar-refractivity contribution in [3.63, 3.8) is 0 Å². The normalized spacial score (nSPS) is 27.4. The van der Waals surface area contributed by atoms with E-state index in [1.807, 2.05) is 6.08 Å². The first kappa shape index (κ1) is 86.5. The molecule has 12 N–H and O–H groups in total. The molecule has 3 fully saturated rings. The summed E-state index contributed by atoms with van der Waals surface area (Å²) >= 11 is 0. The number of allylic oxidation sites excluding steroid dienone is 3. The average Bonchev–Trinajstić information content (AvgIpc) is 0.787. The van der Waals surface area contributed by atoms with Crippen molar-refractivity contribution in [2.24, 2.45) is 0 Å². The van der Waals surface area contributed by atoms with Gasteiger partial charge in [-0.2, -0.15) is 0 Å². The second-order valence-corrected chi connectivity index (χ2v) is 27.8. The standard InChI is InChI=1S/C75H141NO18/c1-3-5-7-9-11-13-15-17-19-21-23-25-27-28-29-30-31-33-35-37-39-41-43-45-47-49-51-53-63(81)76-58(59(80)52-50-48-46-44-42-40-38-36-34-32-26-24-22-20-18-16-14-12-10-8-6-4-2)57-89-73-69(87)66(84)71(61(55-78)91-73)94-75-70(88)67(85)72(62(56-79)92-75)93-74-68(86)65(83)64(82)60(54-77)90-74/h21,23,50,52,58-62,64-75,77-80,82-88H,3-20,22,24-49,51,53-57H2,1-2H3,(H,76,81)/b23-21-,52-50+. The Balaban J connectivity index is 1.40. The second-order valence-electron chi connectivity index (χ2n) is 27.8. The molecule has 0 saturated carbocycles. The Bertz CT molecular complexity index is 1800. The maximum Gasteiger partial charge on any atom is 0.220 e. The minimum Gasteiger partial charge on any atom is -0.394 e. The summed E-state index contributed by atoms with van der Waals surface area (Å²) in [6.45, 7) is 1.78. The minimum absolute atomic E-state index is 0.247. The van der Waals surface area contributed by atoms with Gasteiger partial charge in [-0.15, -0.1) is 0 Å². The van der Waals surface area contributed by atoms with E-state index in [0.717, 1.165) is 44.9 Å². The molecule has 3 rings (SSSR count). The van der Waals surface area contributed by atoms with Crippen molar-refractivity contribution in [3.05, 3.63) is 24.3 Å². The summed E-state index contributed by atoms with van der Waals surface area (Å²) in [6.07, 6.45) is 40.1. The fourth-order valence-electron chi connectivity index (χ4n) is 13.2.